The summed E-state index contributed by atoms with van der Waals surface area (Å²) in [5.41, 5.74) is 1.53. The normalized spacial score (nSPS) is 20.2. The molecule has 0 amide bonds. The Morgan fingerprint density at radius 3 is 2.65 bits per heavy atom. The summed E-state index contributed by atoms with van der Waals surface area (Å²) in [5, 5.41) is 0.502. The summed E-state index contributed by atoms with van der Waals surface area (Å²) in [7, 11) is 0. The molecule has 2 rings (SSSR count). The number of hydrogen-bond donors (Lipinski definition) is 0. The largest absolute Gasteiger partial charge is 0.490 e. The van der Waals surface area contributed by atoms with Crippen LogP contribution in [0.5, 0.6) is 5.75 Å². The van der Waals surface area contributed by atoms with Crippen LogP contribution in [0, 0.1) is 12.3 Å². The van der Waals surface area contributed by atoms with Gasteiger partial charge in [-0.15, -0.1) is 0 Å². The molecule has 0 aliphatic heterocycles. The van der Waals surface area contributed by atoms with Crippen LogP contribution in [0.4, 0.5) is 0 Å². The van der Waals surface area contributed by atoms with E-state index in [9.17, 15) is 0 Å². The Morgan fingerprint density at radius 1 is 1.35 bits per heavy atom. The van der Waals surface area contributed by atoms with Gasteiger partial charge < -0.3 is 4.74 Å². The van der Waals surface area contributed by atoms with Crippen LogP contribution in [0.3, 0.4) is 0 Å². The Bertz CT molecular complexity index is 393. The number of rotatable bonds is 2. The van der Waals surface area contributed by atoms with Crippen molar-refractivity contribution in [2.45, 2.75) is 52.6 Å². The zero-order valence-corrected chi connectivity index (χ0v) is 11.5. The Balaban J connectivity index is 2.00. The molecule has 0 bridgehead atoms. The van der Waals surface area contributed by atoms with Crippen LogP contribution in [-0.4, -0.2) is 11.1 Å². The van der Waals surface area contributed by atoms with Gasteiger partial charge in [-0.25, -0.2) is 4.98 Å². The average Bonchev–Trinajstić information content (AvgIpc) is 2.26. The fraction of sp³-hybridized carbons (Fsp3) is 0.643. The van der Waals surface area contributed by atoms with Crippen molar-refractivity contribution in [3.63, 3.8) is 0 Å². The Kier molecular flexibility index (Phi) is 3.62. The predicted octanol–water partition coefficient (Wildman–Crippen LogP) is 4.39. The highest BCUT2D eigenvalue weighted by Gasteiger charge is 2.28. The summed E-state index contributed by atoms with van der Waals surface area (Å²) in [6, 6.07) is 1.82. The van der Waals surface area contributed by atoms with Gasteiger partial charge >= 0.3 is 0 Å². The number of aromatic nitrogens is 1. The van der Waals surface area contributed by atoms with Crippen LogP contribution in [0.15, 0.2) is 12.3 Å². The Labute approximate surface area is 108 Å². The minimum absolute atomic E-state index is 0.334. The summed E-state index contributed by atoms with van der Waals surface area (Å²) >= 11 is 5.89. The smallest absolute Gasteiger partial charge is 0.132 e. The molecule has 0 unspecified atom stereocenters. The van der Waals surface area contributed by atoms with Crippen LogP contribution < -0.4 is 4.74 Å². The van der Waals surface area contributed by atoms with E-state index in [-0.39, 0.29) is 0 Å². The van der Waals surface area contributed by atoms with Crippen molar-refractivity contribution in [1.29, 1.82) is 0 Å². The van der Waals surface area contributed by atoms with E-state index in [4.69, 9.17) is 16.3 Å². The monoisotopic (exact) mass is 253 g/mol. The van der Waals surface area contributed by atoms with E-state index in [1.54, 1.807) is 6.20 Å². The van der Waals surface area contributed by atoms with Gasteiger partial charge in [-0.1, -0.05) is 25.4 Å². The molecule has 2 nitrogen and oxygen atoms in total. The molecule has 0 saturated heterocycles. The van der Waals surface area contributed by atoms with Crippen molar-refractivity contribution in [3.05, 3.63) is 23.0 Å². The molecular formula is C14H20ClNO. The number of nitrogens with zero attached hydrogens (tertiary/aromatic N) is 1. The lowest BCUT2D eigenvalue weighted by Gasteiger charge is -2.34. The number of aryl methyl sites for hydroxylation is 1. The second kappa shape index (κ2) is 4.85. The lowest BCUT2D eigenvalue weighted by atomic mass is 9.76. The number of ether oxygens (including phenoxy) is 1. The van der Waals surface area contributed by atoms with Gasteiger partial charge in [0.05, 0.1) is 6.10 Å². The average molecular weight is 254 g/mol. The molecule has 94 valence electrons. The third-order valence-electron chi connectivity index (χ3n) is 3.60. The maximum atomic E-state index is 6.04. The summed E-state index contributed by atoms with van der Waals surface area (Å²) in [4.78, 5) is 4.04. The van der Waals surface area contributed by atoms with Crippen molar-refractivity contribution in [2.75, 3.05) is 0 Å². The first-order chi connectivity index (χ1) is 7.96. The van der Waals surface area contributed by atoms with Crippen LogP contribution in [0.1, 0.15) is 45.1 Å². The number of halogens is 1. The highest BCUT2D eigenvalue weighted by atomic mass is 35.5. The molecule has 1 aliphatic carbocycles. The maximum Gasteiger partial charge on any atom is 0.132 e. The van der Waals surface area contributed by atoms with Crippen molar-refractivity contribution < 1.29 is 4.74 Å². The molecule has 1 aromatic rings. The molecule has 1 aromatic heterocycles. The molecule has 1 heterocycles. The zero-order valence-electron chi connectivity index (χ0n) is 10.8. The highest BCUT2D eigenvalue weighted by Crippen LogP contribution is 2.37. The molecule has 1 fully saturated rings. The van der Waals surface area contributed by atoms with E-state index in [1.807, 2.05) is 13.0 Å². The minimum atomic E-state index is 0.334. The minimum Gasteiger partial charge on any atom is -0.490 e. The molecule has 1 aliphatic rings. The van der Waals surface area contributed by atoms with Crippen molar-refractivity contribution in [3.8, 4) is 5.75 Å². The van der Waals surface area contributed by atoms with Crippen LogP contribution in [0.2, 0.25) is 5.15 Å². The first-order valence-electron chi connectivity index (χ1n) is 6.25. The van der Waals surface area contributed by atoms with E-state index < -0.39 is 0 Å². The van der Waals surface area contributed by atoms with Crippen LogP contribution >= 0.6 is 11.6 Å². The van der Waals surface area contributed by atoms with Gasteiger partial charge in [0.2, 0.25) is 0 Å². The molecular weight excluding hydrogens is 234 g/mol. The van der Waals surface area contributed by atoms with E-state index in [0.717, 1.165) is 24.2 Å². The van der Waals surface area contributed by atoms with Gasteiger partial charge in [-0.3, -0.25) is 0 Å². The number of hydrogen-bond acceptors (Lipinski definition) is 2. The molecule has 1 saturated carbocycles. The van der Waals surface area contributed by atoms with Gasteiger partial charge in [0.25, 0.3) is 0 Å². The lowest BCUT2D eigenvalue weighted by Crippen LogP contribution is -2.28. The first kappa shape index (κ1) is 12.7. The van der Waals surface area contributed by atoms with E-state index >= 15 is 0 Å². The summed E-state index contributed by atoms with van der Waals surface area (Å²) < 4.78 is 6.04. The maximum absolute atomic E-state index is 6.04. The SMILES string of the molecule is Cc1cnc(Cl)cc1OC1CCC(C)(C)CC1. The first-order valence-corrected chi connectivity index (χ1v) is 6.63. The fourth-order valence-corrected chi connectivity index (χ4v) is 2.43. The predicted molar refractivity (Wildman–Crippen MR) is 70.6 cm³/mol. The molecule has 0 atom stereocenters. The molecule has 3 heteroatoms. The summed E-state index contributed by atoms with van der Waals surface area (Å²) in [6.07, 6.45) is 6.83. The van der Waals surface area contributed by atoms with Crippen molar-refractivity contribution >= 4 is 11.6 Å². The third-order valence-corrected chi connectivity index (χ3v) is 3.81. The number of pyridine rings is 1. The molecule has 0 spiro atoms. The van der Waals surface area contributed by atoms with Crippen LogP contribution in [-0.2, 0) is 0 Å². The van der Waals surface area contributed by atoms with E-state index in [1.165, 1.54) is 12.8 Å². The van der Waals surface area contributed by atoms with Gasteiger partial charge in [0.1, 0.15) is 10.9 Å². The summed E-state index contributed by atoms with van der Waals surface area (Å²) in [5.74, 6) is 0.884. The quantitative estimate of drug-likeness (QED) is 0.730. The topological polar surface area (TPSA) is 22.1 Å². The third kappa shape index (κ3) is 3.35. The van der Waals surface area contributed by atoms with Gasteiger partial charge in [-0.05, 0) is 38.0 Å². The zero-order chi connectivity index (χ0) is 12.5. The van der Waals surface area contributed by atoms with Gasteiger partial charge in [-0.2, -0.15) is 0 Å². The van der Waals surface area contributed by atoms with E-state index in [2.05, 4.69) is 18.8 Å². The summed E-state index contributed by atoms with van der Waals surface area (Å²) in [6.45, 7) is 6.67. The van der Waals surface area contributed by atoms with Crippen LogP contribution in [0.25, 0.3) is 0 Å². The Hall–Kier alpha value is -0.760. The fourth-order valence-electron chi connectivity index (χ4n) is 2.28. The van der Waals surface area contributed by atoms with Crippen molar-refractivity contribution in [1.82, 2.24) is 4.98 Å². The second-order valence-electron chi connectivity index (χ2n) is 5.75. The standard InChI is InChI=1S/C14H20ClNO/c1-10-9-16-13(15)8-12(10)17-11-4-6-14(2,3)7-5-11/h8-9,11H,4-7H2,1-3H3. The molecule has 0 N–H and O–H groups in total. The van der Waals surface area contributed by atoms with Crippen molar-refractivity contribution in [2.24, 2.45) is 5.41 Å². The molecule has 0 radical (unpaired) electrons. The second-order valence-corrected chi connectivity index (χ2v) is 6.14. The Morgan fingerprint density at radius 2 is 2.00 bits per heavy atom. The molecule has 17 heavy (non-hydrogen) atoms. The van der Waals surface area contributed by atoms with Gasteiger partial charge in [0.15, 0.2) is 0 Å². The van der Waals surface area contributed by atoms with E-state index in [0.29, 0.717) is 16.7 Å². The highest BCUT2D eigenvalue weighted by molar-refractivity contribution is 6.29. The van der Waals surface area contributed by atoms with Gasteiger partial charge in [0, 0.05) is 17.8 Å². The lowest BCUT2D eigenvalue weighted by molar-refractivity contribution is 0.0981. The molecule has 0 aromatic carbocycles.